The minimum atomic E-state index is 0.0978. The van der Waals surface area contributed by atoms with Gasteiger partial charge in [-0.05, 0) is 22.9 Å². The zero-order chi connectivity index (χ0) is 11.6. The highest BCUT2D eigenvalue weighted by Crippen LogP contribution is 2.43. The van der Waals surface area contributed by atoms with Gasteiger partial charge in [0, 0.05) is 10.8 Å². The number of rotatable bonds is 0. The van der Waals surface area contributed by atoms with E-state index < -0.39 is 0 Å². The molecule has 0 aliphatic heterocycles. The Morgan fingerprint density at radius 2 is 1.06 bits per heavy atom. The van der Waals surface area contributed by atoms with Gasteiger partial charge in [0.15, 0.2) is 22.7 Å². The molecule has 0 unspecified atom stereocenters. The lowest BCUT2D eigenvalue weighted by molar-refractivity contribution is 0.457. The summed E-state index contributed by atoms with van der Waals surface area (Å²) in [6, 6.07) is 10.9. The van der Waals surface area contributed by atoms with Crippen molar-refractivity contribution in [2.75, 3.05) is 0 Å². The standard InChI is InChI=1S/C14H8O3/c15-9-5-3-7-1-2-8-4-6-10(16)14-12(8)11(7)13(9)17-14/h1-6,15-16H. The highest BCUT2D eigenvalue weighted by Gasteiger charge is 2.17. The number of phenols is 2. The first kappa shape index (κ1) is 8.70. The van der Waals surface area contributed by atoms with Crippen molar-refractivity contribution in [1.29, 1.82) is 0 Å². The molecule has 4 rings (SSSR count). The van der Waals surface area contributed by atoms with Crippen LogP contribution in [0.5, 0.6) is 11.5 Å². The largest absolute Gasteiger partial charge is 0.504 e. The predicted octanol–water partition coefficient (Wildman–Crippen LogP) is 3.59. The Balaban J connectivity index is 2.49. The average molecular weight is 224 g/mol. The topological polar surface area (TPSA) is 53.6 Å². The van der Waals surface area contributed by atoms with Crippen LogP contribution in [-0.2, 0) is 0 Å². The zero-order valence-corrected chi connectivity index (χ0v) is 8.77. The fraction of sp³-hybridized carbons (Fsp3) is 0. The van der Waals surface area contributed by atoms with Crippen LogP contribution in [0.4, 0.5) is 0 Å². The first-order chi connectivity index (χ1) is 8.25. The maximum absolute atomic E-state index is 9.80. The minimum Gasteiger partial charge on any atom is -0.504 e. The number of hydrogen-bond donors (Lipinski definition) is 2. The van der Waals surface area contributed by atoms with Crippen LogP contribution in [0.2, 0.25) is 0 Å². The summed E-state index contributed by atoms with van der Waals surface area (Å²) in [5.74, 6) is 0.196. The van der Waals surface area contributed by atoms with Gasteiger partial charge < -0.3 is 14.6 Å². The molecule has 17 heavy (non-hydrogen) atoms. The van der Waals surface area contributed by atoms with E-state index in [2.05, 4.69) is 0 Å². The van der Waals surface area contributed by atoms with E-state index >= 15 is 0 Å². The van der Waals surface area contributed by atoms with Crippen LogP contribution >= 0.6 is 0 Å². The molecule has 1 aromatic heterocycles. The van der Waals surface area contributed by atoms with E-state index in [1.54, 1.807) is 12.1 Å². The zero-order valence-electron chi connectivity index (χ0n) is 8.77. The lowest BCUT2D eigenvalue weighted by Crippen LogP contribution is -1.76. The third-order valence-electron chi connectivity index (χ3n) is 3.23. The van der Waals surface area contributed by atoms with Crippen LogP contribution in [0.15, 0.2) is 40.8 Å². The van der Waals surface area contributed by atoms with Gasteiger partial charge in [0.25, 0.3) is 0 Å². The Bertz CT molecular complexity index is 787. The lowest BCUT2D eigenvalue weighted by atomic mass is 10.0. The predicted molar refractivity (Wildman–Crippen MR) is 65.7 cm³/mol. The molecule has 0 atom stereocenters. The van der Waals surface area contributed by atoms with Crippen molar-refractivity contribution in [3.05, 3.63) is 36.4 Å². The third-order valence-corrected chi connectivity index (χ3v) is 3.23. The van der Waals surface area contributed by atoms with E-state index in [0.29, 0.717) is 11.2 Å². The molecule has 0 saturated carbocycles. The van der Waals surface area contributed by atoms with E-state index in [4.69, 9.17) is 4.42 Å². The Hall–Kier alpha value is -2.42. The molecule has 0 aliphatic rings. The molecule has 82 valence electrons. The second-order valence-corrected chi connectivity index (χ2v) is 4.19. The van der Waals surface area contributed by atoms with Gasteiger partial charge in [-0.2, -0.15) is 0 Å². The molecular weight excluding hydrogens is 216 g/mol. The summed E-state index contributed by atoms with van der Waals surface area (Å²) < 4.78 is 5.58. The summed E-state index contributed by atoms with van der Waals surface area (Å²) in [6.07, 6.45) is 0. The number of hydrogen-bond acceptors (Lipinski definition) is 3. The third kappa shape index (κ3) is 0.916. The van der Waals surface area contributed by atoms with Crippen LogP contribution in [0.1, 0.15) is 0 Å². The van der Waals surface area contributed by atoms with Crippen molar-refractivity contribution in [1.82, 2.24) is 0 Å². The maximum Gasteiger partial charge on any atom is 0.177 e. The van der Waals surface area contributed by atoms with Crippen molar-refractivity contribution in [2.24, 2.45) is 0 Å². The Kier molecular flexibility index (Phi) is 1.35. The molecule has 3 heteroatoms. The van der Waals surface area contributed by atoms with Gasteiger partial charge in [0.2, 0.25) is 0 Å². The van der Waals surface area contributed by atoms with Crippen molar-refractivity contribution in [3.63, 3.8) is 0 Å². The van der Waals surface area contributed by atoms with Crippen LogP contribution in [0, 0.1) is 0 Å². The second kappa shape index (κ2) is 2.63. The number of phenolic OH excluding ortho intramolecular Hbond substituents is 2. The molecule has 0 fully saturated rings. The molecule has 0 amide bonds. The molecule has 0 radical (unpaired) electrons. The molecule has 0 bridgehead atoms. The molecule has 0 saturated heterocycles. The summed E-state index contributed by atoms with van der Waals surface area (Å²) in [5.41, 5.74) is 0.870. The summed E-state index contributed by atoms with van der Waals surface area (Å²) in [5, 5.41) is 23.3. The number of aromatic hydroxyl groups is 2. The lowest BCUT2D eigenvalue weighted by Gasteiger charge is -2.01. The van der Waals surface area contributed by atoms with Crippen molar-refractivity contribution >= 4 is 32.7 Å². The van der Waals surface area contributed by atoms with Gasteiger partial charge >= 0.3 is 0 Å². The first-order valence-electron chi connectivity index (χ1n) is 5.34. The fourth-order valence-corrected chi connectivity index (χ4v) is 2.46. The van der Waals surface area contributed by atoms with E-state index in [-0.39, 0.29) is 11.5 Å². The Labute approximate surface area is 95.8 Å². The summed E-state index contributed by atoms with van der Waals surface area (Å²) in [6.45, 7) is 0. The fourth-order valence-electron chi connectivity index (χ4n) is 2.46. The smallest absolute Gasteiger partial charge is 0.177 e. The summed E-state index contributed by atoms with van der Waals surface area (Å²) >= 11 is 0. The molecular formula is C14H8O3. The van der Waals surface area contributed by atoms with Crippen molar-refractivity contribution in [3.8, 4) is 11.5 Å². The average Bonchev–Trinajstić information content (AvgIpc) is 2.75. The molecule has 3 aromatic carbocycles. The van der Waals surface area contributed by atoms with Gasteiger partial charge in [-0.25, -0.2) is 0 Å². The first-order valence-corrected chi connectivity index (χ1v) is 5.34. The van der Waals surface area contributed by atoms with Gasteiger partial charge in [-0.3, -0.25) is 0 Å². The van der Waals surface area contributed by atoms with Crippen LogP contribution in [0.25, 0.3) is 32.7 Å². The van der Waals surface area contributed by atoms with E-state index in [0.717, 1.165) is 21.5 Å². The van der Waals surface area contributed by atoms with Gasteiger partial charge in [-0.1, -0.05) is 24.3 Å². The van der Waals surface area contributed by atoms with Crippen molar-refractivity contribution in [2.45, 2.75) is 0 Å². The monoisotopic (exact) mass is 224 g/mol. The molecule has 4 aromatic rings. The molecule has 1 heterocycles. The van der Waals surface area contributed by atoms with E-state index in [1.165, 1.54) is 0 Å². The van der Waals surface area contributed by atoms with E-state index in [1.807, 2.05) is 24.3 Å². The maximum atomic E-state index is 9.80. The Morgan fingerprint density at radius 1 is 0.647 bits per heavy atom. The van der Waals surface area contributed by atoms with Gasteiger partial charge in [-0.15, -0.1) is 0 Å². The van der Waals surface area contributed by atoms with Gasteiger partial charge in [0.1, 0.15) is 0 Å². The quantitative estimate of drug-likeness (QED) is 0.449. The van der Waals surface area contributed by atoms with Crippen LogP contribution in [0.3, 0.4) is 0 Å². The van der Waals surface area contributed by atoms with Crippen molar-refractivity contribution < 1.29 is 14.6 Å². The van der Waals surface area contributed by atoms with Crippen LogP contribution < -0.4 is 0 Å². The van der Waals surface area contributed by atoms with E-state index in [9.17, 15) is 10.2 Å². The summed E-state index contributed by atoms with van der Waals surface area (Å²) in [7, 11) is 0. The number of furan rings is 1. The summed E-state index contributed by atoms with van der Waals surface area (Å²) in [4.78, 5) is 0. The molecule has 0 aliphatic carbocycles. The number of benzene rings is 3. The SMILES string of the molecule is Oc1ccc2ccc3ccc(O)c4oc1c2c34. The highest BCUT2D eigenvalue weighted by atomic mass is 16.4. The Morgan fingerprint density at radius 3 is 1.53 bits per heavy atom. The van der Waals surface area contributed by atoms with Crippen LogP contribution in [-0.4, -0.2) is 10.2 Å². The highest BCUT2D eigenvalue weighted by molar-refractivity contribution is 6.23. The molecule has 3 nitrogen and oxygen atoms in total. The normalized spacial score (nSPS) is 12.0. The van der Waals surface area contributed by atoms with Gasteiger partial charge in [0.05, 0.1) is 0 Å². The molecule has 0 spiro atoms. The second-order valence-electron chi connectivity index (χ2n) is 4.19. The minimum absolute atomic E-state index is 0.0978. The molecule has 2 N–H and O–H groups in total.